The highest BCUT2D eigenvalue weighted by molar-refractivity contribution is 5.94. The van der Waals surface area contributed by atoms with Crippen LogP contribution in [0.3, 0.4) is 0 Å². The summed E-state index contributed by atoms with van der Waals surface area (Å²) in [5.41, 5.74) is 3.71. The van der Waals surface area contributed by atoms with Gasteiger partial charge in [-0.15, -0.1) is 0 Å². The third-order valence-corrected chi connectivity index (χ3v) is 7.47. The molecular weight excluding hydrogens is 350 g/mol. The fourth-order valence-electron chi connectivity index (χ4n) is 6.20. The van der Waals surface area contributed by atoms with Crippen LogP contribution in [0.2, 0.25) is 0 Å². The lowest BCUT2D eigenvalue weighted by molar-refractivity contribution is -0.140. The molecule has 5 rings (SSSR count). The van der Waals surface area contributed by atoms with Crippen molar-refractivity contribution < 1.29 is 14.0 Å². The van der Waals surface area contributed by atoms with Gasteiger partial charge in [0.25, 0.3) is 0 Å². The first-order valence-electron chi connectivity index (χ1n) is 10.5. The van der Waals surface area contributed by atoms with Crippen molar-refractivity contribution in [3.63, 3.8) is 0 Å². The summed E-state index contributed by atoms with van der Waals surface area (Å²) in [4.78, 5) is 27.2. The van der Waals surface area contributed by atoms with E-state index in [4.69, 9.17) is 4.42 Å². The summed E-state index contributed by atoms with van der Waals surface area (Å²) < 4.78 is 5.42. The monoisotopic (exact) mass is 377 g/mol. The third kappa shape index (κ3) is 2.65. The van der Waals surface area contributed by atoms with Gasteiger partial charge in [-0.3, -0.25) is 9.59 Å². The Labute approximate surface area is 165 Å². The number of carbonyl (C=O) groups is 2. The standard InChI is InChI=1S/C24H27NO3/c1-16(26)17-7-8-18-14-22-20-6-2-3-9-24(20,21(18)13-17)10-11-25(22)23(27)15-19-5-4-12-28-19/h4-5,7-8,12-13,20,22H,2-3,6,9-11,14-15H2,1H3/t20-,22+,24+/m0/s1. The maximum atomic E-state index is 13.1. The second kappa shape index (κ2) is 6.61. The topological polar surface area (TPSA) is 50.5 Å². The number of piperidine rings is 1. The van der Waals surface area contributed by atoms with E-state index in [-0.39, 0.29) is 23.1 Å². The predicted molar refractivity (Wildman–Crippen MR) is 106 cm³/mol. The number of benzene rings is 1. The number of Topliss-reactive ketones (excluding diaryl/α,β-unsaturated/α-hetero) is 1. The zero-order valence-electron chi connectivity index (χ0n) is 16.4. The molecule has 1 saturated carbocycles. The van der Waals surface area contributed by atoms with Gasteiger partial charge < -0.3 is 9.32 Å². The van der Waals surface area contributed by atoms with Crippen molar-refractivity contribution in [1.82, 2.24) is 4.90 Å². The van der Waals surface area contributed by atoms with Gasteiger partial charge in [-0.25, -0.2) is 0 Å². The van der Waals surface area contributed by atoms with E-state index in [2.05, 4.69) is 17.0 Å². The van der Waals surface area contributed by atoms with E-state index in [1.807, 2.05) is 18.2 Å². The Bertz CT molecular complexity index is 916. The van der Waals surface area contributed by atoms with Crippen LogP contribution < -0.4 is 0 Å². The van der Waals surface area contributed by atoms with Crippen LogP contribution in [0.25, 0.3) is 0 Å². The molecule has 0 N–H and O–H groups in total. The number of carbonyl (C=O) groups excluding carboxylic acids is 2. The normalized spacial score (nSPS) is 28.4. The number of hydrogen-bond donors (Lipinski definition) is 0. The molecule has 1 amide bonds. The zero-order chi connectivity index (χ0) is 19.3. The largest absolute Gasteiger partial charge is 0.469 e. The molecule has 0 spiro atoms. The van der Waals surface area contributed by atoms with Gasteiger partial charge in [-0.1, -0.05) is 25.0 Å². The number of ketones is 1. The van der Waals surface area contributed by atoms with Gasteiger partial charge in [0, 0.05) is 23.6 Å². The SMILES string of the molecule is CC(=O)c1ccc2c(c1)[C@@]13CCCC[C@H]1[C@@H](C2)N(C(=O)Cc1ccco1)CC3. The highest BCUT2D eigenvalue weighted by atomic mass is 16.3. The number of furan rings is 1. The lowest BCUT2D eigenvalue weighted by atomic mass is 9.52. The average Bonchev–Trinajstić information content (AvgIpc) is 3.20. The van der Waals surface area contributed by atoms with Crippen molar-refractivity contribution in [2.24, 2.45) is 5.92 Å². The molecule has 0 unspecified atom stereocenters. The molecular formula is C24H27NO3. The van der Waals surface area contributed by atoms with E-state index in [9.17, 15) is 9.59 Å². The molecule has 0 radical (unpaired) electrons. The molecule has 1 aromatic carbocycles. The Balaban J connectivity index is 1.52. The van der Waals surface area contributed by atoms with Crippen LogP contribution >= 0.6 is 0 Å². The highest BCUT2D eigenvalue weighted by Gasteiger charge is 2.54. The molecule has 1 aromatic heterocycles. The van der Waals surface area contributed by atoms with Crippen molar-refractivity contribution >= 4 is 11.7 Å². The molecule has 28 heavy (non-hydrogen) atoms. The number of rotatable bonds is 3. The maximum absolute atomic E-state index is 13.1. The van der Waals surface area contributed by atoms with Crippen molar-refractivity contribution in [3.05, 3.63) is 59.0 Å². The van der Waals surface area contributed by atoms with Crippen LogP contribution in [0.4, 0.5) is 0 Å². The van der Waals surface area contributed by atoms with E-state index in [1.165, 1.54) is 36.8 Å². The van der Waals surface area contributed by atoms with E-state index in [0.29, 0.717) is 12.3 Å². The molecule has 146 valence electrons. The zero-order valence-corrected chi connectivity index (χ0v) is 16.4. The van der Waals surface area contributed by atoms with Crippen LogP contribution in [-0.2, 0) is 23.1 Å². The smallest absolute Gasteiger partial charge is 0.230 e. The Hall–Kier alpha value is -2.36. The molecule has 2 heterocycles. The van der Waals surface area contributed by atoms with Crippen LogP contribution in [0.15, 0.2) is 41.0 Å². The van der Waals surface area contributed by atoms with Crippen LogP contribution in [0.1, 0.15) is 66.3 Å². The fraction of sp³-hybridized carbons (Fsp3) is 0.500. The first kappa shape index (κ1) is 17.7. The van der Waals surface area contributed by atoms with Crippen molar-refractivity contribution in [1.29, 1.82) is 0 Å². The van der Waals surface area contributed by atoms with Crippen LogP contribution in [0, 0.1) is 5.92 Å². The Kier molecular flexibility index (Phi) is 4.18. The number of likely N-dealkylation sites (tertiary alicyclic amines) is 1. The van der Waals surface area contributed by atoms with Crippen molar-refractivity contribution in [3.8, 4) is 0 Å². The second-order valence-electron chi connectivity index (χ2n) is 8.80. The first-order chi connectivity index (χ1) is 13.6. The first-order valence-corrected chi connectivity index (χ1v) is 10.5. The number of fused-ring (bicyclic) bond motifs is 1. The van der Waals surface area contributed by atoms with Crippen LogP contribution in [-0.4, -0.2) is 29.2 Å². The maximum Gasteiger partial charge on any atom is 0.230 e. The summed E-state index contributed by atoms with van der Waals surface area (Å²) >= 11 is 0. The minimum absolute atomic E-state index is 0.139. The van der Waals surface area contributed by atoms with Gasteiger partial charge in [0.15, 0.2) is 5.78 Å². The molecule has 2 aromatic rings. The molecule has 4 heteroatoms. The molecule has 2 bridgehead atoms. The van der Waals surface area contributed by atoms with E-state index >= 15 is 0 Å². The van der Waals surface area contributed by atoms with Crippen LogP contribution in [0.5, 0.6) is 0 Å². The van der Waals surface area contributed by atoms with Gasteiger partial charge in [-0.05, 0) is 67.9 Å². The third-order valence-electron chi connectivity index (χ3n) is 7.47. The van der Waals surface area contributed by atoms with Gasteiger partial charge in [0.2, 0.25) is 5.91 Å². The molecule has 2 aliphatic carbocycles. The lowest BCUT2D eigenvalue weighted by Gasteiger charge is -2.59. The molecule has 4 nitrogen and oxygen atoms in total. The summed E-state index contributed by atoms with van der Waals surface area (Å²) in [6.45, 7) is 2.46. The molecule has 3 atom stereocenters. The minimum Gasteiger partial charge on any atom is -0.469 e. The quantitative estimate of drug-likeness (QED) is 0.749. The van der Waals surface area contributed by atoms with Gasteiger partial charge in [-0.2, -0.15) is 0 Å². The van der Waals surface area contributed by atoms with E-state index in [1.54, 1.807) is 13.2 Å². The Morgan fingerprint density at radius 1 is 1.21 bits per heavy atom. The lowest BCUT2D eigenvalue weighted by Crippen LogP contribution is -2.62. The van der Waals surface area contributed by atoms with E-state index in [0.717, 1.165) is 30.7 Å². The van der Waals surface area contributed by atoms with Gasteiger partial charge in [0.05, 0.1) is 12.7 Å². The molecule has 3 aliphatic rings. The molecule has 1 saturated heterocycles. The predicted octanol–water partition coefficient (Wildman–Crippen LogP) is 4.31. The number of amides is 1. The van der Waals surface area contributed by atoms with Crippen molar-refractivity contribution in [2.75, 3.05) is 6.54 Å². The van der Waals surface area contributed by atoms with Crippen molar-refractivity contribution in [2.45, 2.75) is 63.3 Å². The fourth-order valence-corrected chi connectivity index (χ4v) is 6.20. The number of nitrogens with zero attached hydrogens (tertiary/aromatic N) is 1. The minimum atomic E-state index is 0.139. The summed E-state index contributed by atoms with van der Waals surface area (Å²) in [5, 5.41) is 0. The van der Waals surface area contributed by atoms with Gasteiger partial charge >= 0.3 is 0 Å². The van der Waals surface area contributed by atoms with E-state index < -0.39 is 0 Å². The molecule has 1 aliphatic heterocycles. The summed E-state index contributed by atoms with van der Waals surface area (Å²) in [5.74, 6) is 1.57. The highest BCUT2D eigenvalue weighted by Crippen LogP contribution is 2.55. The Morgan fingerprint density at radius 3 is 2.89 bits per heavy atom. The van der Waals surface area contributed by atoms with Gasteiger partial charge in [0.1, 0.15) is 5.76 Å². The average molecular weight is 377 g/mol. The molecule has 2 fully saturated rings. The Morgan fingerprint density at radius 2 is 2.11 bits per heavy atom. The second-order valence-corrected chi connectivity index (χ2v) is 8.80. The summed E-state index contributed by atoms with van der Waals surface area (Å²) in [6.07, 6.45) is 8.74. The summed E-state index contributed by atoms with van der Waals surface area (Å²) in [6, 6.07) is 10.3. The number of hydrogen-bond acceptors (Lipinski definition) is 3. The summed E-state index contributed by atoms with van der Waals surface area (Å²) in [7, 11) is 0.